The Morgan fingerprint density at radius 2 is 2.05 bits per heavy atom. The smallest absolute Gasteiger partial charge is 0.0640 e. The van der Waals surface area contributed by atoms with E-state index in [4.69, 9.17) is 5.26 Å². The SMILES string of the molecule is Cc1c(Cc2cccnc2)c2ccccc2n1CCC#N. The number of hydrogen-bond acceptors (Lipinski definition) is 2. The van der Waals surface area contributed by atoms with Gasteiger partial charge < -0.3 is 4.57 Å². The molecule has 1 aromatic carbocycles. The number of nitrogens with zero attached hydrogens (tertiary/aromatic N) is 3. The van der Waals surface area contributed by atoms with Crippen LogP contribution in [0.1, 0.15) is 23.2 Å². The number of nitriles is 1. The van der Waals surface area contributed by atoms with Gasteiger partial charge in [-0.3, -0.25) is 4.98 Å². The lowest BCUT2D eigenvalue weighted by atomic mass is 10.0. The Bertz CT molecular complexity index is 794. The third kappa shape index (κ3) is 2.53. The Morgan fingerprint density at radius 1 is 1.19 bits per heavy atom. The molecule has 3 heteroatoms. The van der Waals surface area contributed by atoms with Crippen molar-refractivity contribution in [3.05, 3.63) is 65.6 Å². The molecule has 2 heterocycles. The standard InChI is InChI=1S/C18H17N3/c1-14-17(12-15-6-4-10-20-13-15)16-7-2-3-8-18(16)21(14)11-5-9-19/h2-4,6-8,10,13H,5,11-12H2,1H3. The predicted molar refractivity (Wildman–Crippen MR) is 83.9 cm³/mol. The Balaban J connectivity index is 2.10. The van der Waals surface area contributed by atoms with Crippen LogP contribution in [0.2, 0.25) is 0 Å². The van der Waals surface area contributed by atoms with Crippen molar-refractivity contribution in [1.29, 1.82) is 5.26 Å². The van der Waals surface area contributed by atoms with Gasteiger partial charge in [-0.25, -0.2) is 0 Å². The van der Waals surface area contributed by atoms with Crippen molar-refractivity contribution in [2.75, 3.05) is 0 Å². The lowest BCUT2D eigenvalue weighted by molar-refractivity contribution is 0.718. The van der Waals surface area contributed by atoms with Gasteiger partial charge in [0.05, 0.1) is 12.5 Å². The summed E-state index contributed by atoms with van der Waals surface area (Å²) in [4.78, 5) is 4.20. The highest BCUT2D eigenvalue weighted by atomic mass is 15.0. The zero-order valence-electron chi connectivity index (χ0n) is 12.1. The van der Waals surface area contributed by atoms with E-state index in [1.165, 1.54) is 27.7 Å². The van der Waals surface area contributed by atoms with Gasteiger partial charge in [-0.1, -0.05) is 24.3 Å². The molecule has 3 aromatic rings. The molecule has 21 heavy (non-hydrogen) atoms. The Morgan fingerprint density at radius 3 is 2.81 bits per heavy atom. The molecule has 0 aliphatic heterocycles. The van der Waals surface area contributed by atoms with E-state index in [9.17, 15) is 0 Å². The third-order valence-corrected chi connectivity index (χ3v) is 3.91. The van der Waals surface area contributed by atoms with Crippen molar-refractivity contribution < 1.29 is 0 Å². The van der Waals surface area contributed by atoms with Crippen molar-refractivity contribution in [3.63, 3.8) is 0 Å². The van der Waals surface area contributed by atoms with Crippen LogP contribution in [0.25, 0.3) is 10.9 Å². The lowest BCUT2D eigenvalue weighted by Gasteiger charge is -2.06. The molecule has 3 rings (SSSR count). The summed E-state index contributed by atoms with van der Waals surface area (Å²) in [6.07, 6.45) is 5.12. The number of aromatic nitrogens is 2. The molecule has 104 valence electrons. The first-order valence-electron chi connectivity index (χ1n) is 7.14. The monoisotopic (exact) mass is 275 g/mol. The van der Waals surface area contributed by atoms with Gasteiger partial charge in [0.2, 0.25) is 0 Å². The van der Waals surface area contributed by atoms with Crippen molar-refractivity contribution in [1.82, 2.24) is 9.55 Å². The van der Waals surface area contributed by atoms with Crippen LogP contribution in [0.4, 0.5) is 0 Å². The summed E-state index contributed by atoms with van der Waals surface area (Å²) in [6.45, 7) is 2.89. The number of para-hydroxylation sites is 1. The number of hydrogen-bond donors (Lipinski definition) is 0. The minimum absolute atomic E-state index is 0.534. The quantitative estimate of drug-likeness (QED) is 0.725. The maximum absolute atomic E-state index is 8.86. The Hall–Kier alpha value is -2.60. The van der Waals surface area contributed by atoms with Gasteiger partial charge in [-0.05, 0) is 30.2 Å². The second-order valence-electron chi connectivity index (χ2n) is 5.18. The van der Waals surface area contributed by atoms with Gasteiger partial charge >= 0.3 is 0 Å². The summed E-state index contributed by atoms with van der Waals surface area (Å²) >= 11 is 0. The predicted octanol–water partition coefficient (Wildman–Crippen LogP) is 3.85. The molecule has 0 spiro atoms. The molecule has 0 fully saturated rings. The fourth-order valence-electron chi connectivity index (χ4n) is 2.88. The van der Waals surface area contributed by atoms with E-state index in [-0.39, 0.29) is 0 Å². The highest BCUT2D eigenvalue weighted by molar-refractivity contribution is 5.85. The van der Waals surface area contributed by atoms with Gasteiger partial charge in [0.25, 0.3) is 0 Å². The van der Waals surface area contributed by atoms with Crippen LogP contribution < -0.4 is 0 Å². The molecule has 0 amide bonds. The van der Waals surface area contributed by atoms with Gasteiger partial charge in [-0.2, -0.15) is 5.26 Å². The Kier molecular flexibility index (Phi) is 3.70. The zero-order valence-corrected chi connectivity index (χ0v) is 12.1. The molecule has 0 radical (unpaired) electrons. The van der Waals surface area contributed by atoms with Crippen LogP contribution >= 0.6 is 0 Å². The summed E-state index contributed by atoms with van der Waals surface area (Å²) in [5, 5.41) is 10.1. The summed E-state index contributed by atoms with van der Waals surface area (Å²) in [7, 11) is 0. The molecule has 0 aliphatic carbocycles. The highest BCUT2D eigenvalue weighted by Gasteiger charge is 2.13. The first-order valence-corrected chi connectivity index (χ1v) is 7.14. The van der Waals surface area contributed by atoms with Crippen LogP contribution in [-0.2, 0) is 13.0 Å². The molecule has 2 aromatic heterocycles. The fourth-order valence-corrected chi connectivity index (χ4v) is 2.88. The maximum atomic E-state index is 8.86. The lowest BCUT2D eigenvalue weighted by Crippen LogP contribution is -2.00. The van der Waals surface area contributed by atoms with Crippen molar-refractivity contribution >= 4 is 10.9 Å². The van der Waals surface area contributed by atoms with E-state index in [1.54, 1.807) is 6.20 Å². The van der Waals surface area contributed by atoms with Crippen LogP contribution in [0.3, 0.4) is 0 Å². The summed E-state index contributed by atoms with van der Waals surface area (Å²) in [5.74, 6) is 0. The molecule has 0 aliphatic rings. The number of benzene rings is 1. The molecule has 3 nitrogen and oxygen atoms in total. The maximum Gasteiger partial charge on any atom is 0.0640 e. The molecule has 0 saturated carbocycles. The van der Waals surface area contributed by atoms with Crippen molar-refractivity contribution in [2.45, 2.75) is 26.3 Å². The Labute approximate surface area is 124 Å². The molecule has 0 bridgehead atoms. The van der Waals surface area contributed by atoms with E-state index in [1.807, 2.05) is 12.3 Å². The van der Waals surface area contributed by atoms with Crippen LogP contribution in [-0.4, -0.2) is 9.55 Å². The van der Waals surface area contributed by atoms with E-state index < -0.39 is 0 Å². The highest BCUT2D eigenvalue weighted by Crippen LogP contribution is 2.28. The van der Waals surface area contributed by atoms with E-state index in [0.717, 1.165) is 13.0 Å². The van der Waals surface area contributed by atoms with Crippen LogP contribution in [0.5, 0.6) is 0 Å². The normalized spacial score (nSPS) is 10.7. The molecular formula is C18H17N3. The van der Waals surface area contributed by atoms with Gasteiger partial charge in [0.1, 0.15) is 0 Å². The second kappa shape index (κ2) is 5.80. The first kappa shape index (κ1) is 13.4. The van der Waals surface area contributed by atoms with Crippen LogP contribution in [0, 0.1) is 18.3 Å². The van der Waals surface area contributed by atoms with E-state index in [2.05, 4.69) is 52.9 Å². The largest absolute Gasteiger partial charge is 0.344 e. The molecule has 0 N–H and O–H groups in total. The topological polar surface area (TPSA) is 41.6 Å². The minimum atomic E-state index is 0.534. The number of aryl methyl sites for hydroxylation is 1. The third-order valence-electron chi connectivity index (χ3n) is 3.91. The van der Waals surface area contributed by atoms with Gasteiger partial charge in [-0.15, -0.1) is 0 Å². The van der Waals surface area contributed by atoms with E-state index >= 15 is 0 Å². The molecular weight excluding hydrogens is 258 g/mol. The fraction of sp³-hybridized carbons (Fsp3) is 0.222. The summed E-state index contributed by atoms with van der Waals surface area (Å²) in [5.41, 5.74) is 5.00. The summed E-state index contributed by atoms with van der Waals surface area (Å²) in [6, 6.07) is 14.7. The average molecular weight is 275 g/mol. The molecule has 0 saturated heterocycles. The van der Waals surface area contributed by atoms with Crippen molar-refractivity contribution in [2.24, 2.45) is 0 Å². The van der Waals surface area contributed by atoms with Crippen molar-refractivity contribution in [3.8, 4) is 6.07 Å². The second-order valence-corrected chi connectivity index (χ2v) is 5.18. The first-order chi connectivity index (χ1) is 10.3. The minimum Gasteiger partial charge on any atom is -0.344 e. The number of rotatable bonds is 4. The van der Waals surface area contributed by atoms with E-state index in [0.29, 0.717) is 6.42 Å². The van der Waals surface area contributed by atoms with Gasteiger partial charge in [0, 0.05) is 42.0 Å². The van der Waals surface area contributed by atoms with Gasteiger partial charge in [0.15, 0.2) is 0 Å². The molecule has 0 unspecified atom stereocenters. The average Bonchev–Trinajstić information content (AvgIpc) is 2.79. The number of fused-ring (bicyclic) bond motifs is 1. The number of pyridine rings is 1. The molecule has 0 atom stereocenters. The summed E-state index contributed by atoms with van der Waals surface area (Å²) < 4.78 is 2.25. The zero-order chi connectivity index (χ0) is 14.7. The van der Waals surface area contributed by atoms with Crippen LogP contribution in [0.15, 0.2) is 48.8 Å².